The van der Waals surface area contributed by atoms with Gasteiger partial charge in [0.25, 0.3) is 0 Å². The molecule has 0 amide bonds. The molecule has 0 radical (unpaired) electrons. The highest BCUT2D eigenvalue weighted by Crippen LogP contribution is 2.36. The summed E-state index contributed by atoms with van der Waals surface area (Å²) in [6.07, 6.45) is 8.54. The molecule has 1 N–H and O–H groups in total. The third-order valence-corrected chi connectivity index (χ3v) is 4.75. The molecular formula is C17H33NO2. The van der Waals surface area contributed by atoms with Crippen LogP contribution in [0.5, 0.6) is 0 Å². The molecule has 0 spiro atoms. The summed E-state index contributed by atoms with van der Waals surface area (Å²) in [6.45, 7) is 10.9. The third-order valence-electron chi connectivity index (χ3n) is 4.75. The van der Waals surface area contributed by atoms with Crippen LogP contribution in [0, 0.1) is 5.41 Å². The van der Waals surface area contributed by atoms with E-state index in [1.54, 1.807) is 0 Å². The van der Waals surface area contributed by atoms with E-state index in [0.717, 1.165) is 19.6 Å². The topological polar surface area (TPSA) is 30.5 Å². The van der Waals surface area contributed by atoms with Gasteiger partial charge in [0.15, 0.2) is 0 Å². The largest absolute Gasteiger partial charge is 0.376 e. The van der Waals surface area contributed by atoms with Gasteiger partial charge in [-0.2, -0.15) is 0 Å². The van der Waals surface area contributed by atoms with Gasteiger partial charge in [-0.3, -0.25) is 0 Å². The van der Waals surface area contributed by atoms with E-state index < -0.39 is 0 Å². The van der Waals surface area contributed by atoms with Crippen LogP contribution in [0.4, 0.5) is 0 Å². The van der Waals surface area contributed by atoms with E-state index in [1.165, 1.54) is 32.1 Å². The highest BCUT2D eigenvalue weighted by atomic mass is 16.5. The molecule has 118 valence electrons. The Bertz CT molecular complexity index is 281. The van der Waals surface area contributed by atoms with Crippen LogP contribution in [0.2, 0.25) is 0 Å². The van der Waals surface area contributed by atoms with Crippen molar-refractivity contribution in [2.75, 3.05) is 13.2 Å². The lowest BCUT2D eigenvalue weighted by molar-refractivity contribution is -0.0585. The van der Waals surface area contributed by atoms with Crippen molar-refractivity contribution in [1.29, 1.82) is 0 Å². The van der Waals surface area contributed by atoms with E-state index >= 15 is 0 Å². The Balaban J connectivity index is 1.59. The number of ether oxygens (including phenoxy) is 2. The van der Waals surface area contributed by atoms with Gasteiger partial charge in [-0.15, -0.1) is 0 Å². The fourth-order valence-electron chi connectivity index (χ4n) is 3.20. The monoisotopic (exact) mass is 283 g/mol. The SMILES string of the molecule is CC(C)NCC1CCC(COC2CCC(C)(C)CC2)O1. The van der Waals surface area contributed by atoms with Gasteiger partial charge in [-0.05, 0) is 43.9 Å². The Morgan fingerprint density at radius 3 is 2.40 bits per heavy atom. The van der Waals surface area contributed by atoms with Gasteiger partial charge in [0, 0.05) is 12.6 Å². The molecule has 1 saturated heterocycles. The van der Waals surface area contributed by atoms with E-state index in [2.05, 4.69) is 33.0 Å². The van der Waals surface area contributed by atoms with Crippen LogP contribution >= 0.6 is 0 Å². The summed E-state index contributed by atoms with van der Waals surface area (Å²) >= 11 is 0. The number of nitrogens with one attached hydrogen (secondary N) is 1. The van der Waals surface area contributed by atoms with Crippen molar-refractivity contribution in [3.8, 4) is 0 Å². The van der Waals surface area contributed by atoms with Crippen molar-refractivity contribution in [3.05, 3.63) is 0 Å². The average molecular weight is 283 g/mol. The Labute approximate surface area is 124 Å². The first-order valence-corrected chi connectivity index (χ1v) is 8.45. The first-order valence-electron chi connectivity index (χ1n) is 8.45. The van der Waals surface area contributed by atoms with Crippen LogP contribution in [-0.4, -0.2) is 37.5 Å². The molecule has 1 aliphatic heterocycles. The summed E-state index contributed by atoms with van der Waals surface area (Å²) in [5, 5.41) is 3.46. The lowest BCUT2D eigenvalue weighted by Gasteiger charge is -2.34. The van der Waals surface area contributed by atoms with Gasteiger partial charge < -0.3 is 14.8 Å². The second-order valence-corrected chi connectivity index (χ2v) is 7.72. The Morgan fingerprint density at radius 2 is 1.75 bits per heavy atom. The fourth-order valence-corrected chi connectivity index (χ4v) is 3.20. The maximum Gasteiger partial charge on any atom is 0.0814 e. The van der Waals surface area contributed by atoms with E-state index in [9.17, 15) is 0 Å². The number of hydrogen-bond acceptors (Lipinski definition) is 3. The quantitative estimate of drug-likeness (QED) is 0.809. The zero-order valence-electron chi connectivity index (χ0n) is 13.8. The van der Waals surface area contributed by atoms with E-state index in [4.69, 9.17) is 9.47 Å². The van der Waals surface area contributed by atoms with Gasteiger partial charge in [-0.1, -0.05) is 27.7 Å². The fraction of sp³-hybridized carbons (Fsp3) is 1.00. The van der Waals surface area contributed by atoms with Crippen molar-refractivity contribution >= 4 is 0 Å². The van der Waals surface area contributed by atoms with Crippen LogP contribution in [-0.2, 0) is 9.47 Å². The van der Waals surface area contributed by atoms with Gasteiger partial charge in [0.05, 0.1) is 24.9 Å². The lowest BCUT2D eigenvalue weighted by atomic mass is 9.76. The highest BCUT2D eigenvalue weighted by Gasteiger charge is 2.29. The second-order valence-electron chi connectivity index (χ2n) is 7.72. The minimum Gasteiger partial charge on any atom is -0.376 e. The van der Waals surface area contributed by atoms with Crippen molar-refractivity contribution in [2.45, 2.75) is 90.6 Å². The maximum absolute atomic E-state index is 6.09. The van der Waals surface area contributed by atoms with Gasteiger partial charge in [-0.25, -0.2) is 0 Å². The molecule has 1 saturated carbocycles. The van der Waals surface area contributed by atoms with Crippen LogP contribution in [0.15, 0.2) is 0 Å². The molecule has 20 heavy (non-hydrogen) atoms. The normalized spacial score (nSPS) is 31.1. The first kappa shape index (κ1) is 16.3. The molecule has 0 aromatic carbocycles. The lowest BCUT2D eigenvalue weighted by Crippen LogP contribution is -2.33. The van der Waals surface area contributed by atoms with Crippen LogP contribution < -0.4 is 5.32 Å². The molecular weight excluding hydrogens is 250 g/mol. The van der Waals surface area contributed by atoms with Gasteiger partial charge >= 0.3 is 0 Å². The molecule has 1 heterocycles. The van der Waals surface area contributed by atoms with Crippen LogP contribution in [0.3, 0.4) is 0 Å². The zero-order chi connectivity index (χ0) is 14.6. The Hall–Kier alpha value is -0.120. The summed E-state index contributed by atoms with van der Waals surface area (Å²) in [7, 11) is 0. The van der Waals surface area contributed by atoms with Crippen LogP contribution in [0.25, 0.3) is 0 Å². The first-order chi connectivity index (χ1) is 9.44. The molecule has 2 rings (SSSR count). The zero-order valence-corrected chi connectivity index (χ0v) is 13.8. The molecule has 2 unspecified atom stereocenters. The number of rotatable bonds is 6. The van der Waals surface area contributed by atoms with E-state index in [-0.39, 0.29) is 0 Å². The Kier molecular flexibility index (Phi) is 5.88. The van der Waals surface area contributed by atoms with E-state index in [0.29, 0.717) is 29.8 Å². The van der Waals surface area contributed by atoms with Crippen molar-refractivity contribution < 1.29 is 9.47 Å². The highest BCUT2D eigenvalue weighted by molar-refractivity contribution is 4.80. The third kappa shape index (κ3) is 5.34. The van der Waals surface area contributed by atoms with Crippen molar-refractivity contribution in [2.24, 2.45) is 5.41 Å². The predicted octanol–water partition coefficient (Wildman–Crippen LogP) is 3.52. The van der Waals surface area contributed by atoms with E-state index in [1.807, 2.05) is 0 Å². The summed E-state index contributed by atoms with van der Waals surface area (Å²) < 4.78 is 12.1. The minimum atomic E-state index is 0.323. The van der Waals surface area contributed by atoms with Crippen molar-refractivity contribution in [3.63, 3.8) is 0 Å². The summed E-state index contributed by atoms with van der Waals surface area (Å²) in [5.74, 6) is 0. The van der Waals surface area contributed by atoms with Gasteiger partial charge in [0.1, 0.15) is 0 Å². The average Bonchev–Trinajstić information content (AvgIpc) is 2.83. The predicted molar refractivity (Wildman–Crippen MR) is 83.0 cm³/mol. The molecule has 2 aliphatic rings. The minimum absolute atomic E-state index is 0.323. The smallest absolute Gasteiger partial charge is 0.0814 e. The standard InChI is InChI=1S/C17H33NO2/c1-13(2)18-11-15-5-6-16(20-15)12-19-14-7-9-17(3,4)10-8-14/h13-16,18H,5-12H2,1-4H3. The summed E-state index contributed by atoms with van der Waals surface area (Å²) in [6, 6.07) is 0.541. The molecule has 2 fully saturated rings. The molecule has 1 aliphatic carbocycles. The summed E-state index contributed by atoms with van der Waals surface area (Å²) in [5.41, 5.74) is 0.525. The maximum atomic E-state index is 6.09. The second kappa shape index (κ2) is 7.24. The van der Waals surface area contributed by atoms with Crippen molar-refractivity contribution in [1.82, 2.24) is 5.32 Å². The van der Waals surface area contributed by atoms with Crippen LogP contribution in [0.1, 0.15) is 66.2 Å². The molecule has 0 aromatic rings. The summed E-state index contributed by atoms with van der Waals surface area (Å²) in [4.78, 5) is 0. The molecule has 3 heteroatoms. The number of hydrogen-bond donors (Lipinski definition) is 1. The Morgan fingerprint density at radius 1 is 1.10 bits per heavy atom. The molecule has 2 atom stereocenters. The van der Waals surface area contributed by atoms with Gasteiger partial charge in [0.2, 0.25) is 0 Å². The molecule has 0 bridgehead atoms. The molecule has 3 nitrogen and oxygen atoms in total. The molecule has 0 aromatic heterocycles.